The molecule has 0 aliphatic carbocycles. The topological polar surface area (TPSA) is 49.4 Å². The van der Waals surface area contributed by atoms with Crippen molar-refractivity contribution in [2.24, 2.45) is 0 Å². The van der Waals surface area contributed by atoms with Crippen LogP contribution in [0.4, 0.5) is 4.79 Å². The molecule has 1 saturated heterocycles. The Hall–Kier alpha value is 0.0439. The van der Waals surface area contributed by atoms with Gasteiger partial charge in [0.05, 0.1) is 0 Å². The number of carbonyl (C=O) groups is 2. The minimum Gasteiger partial charge on any atom is -0.419 e. The molecule has 1 heterocycles. The fourth-order valence-corrected chi connectivity index (χ4v) is 0.770. The van der Waals surface area contributed by atoms with E-state index in [4.69, 9.17) is 0 Å². The van der Waals surface area contributed by atoms with Crippen LogP contribution in [-0.2, 0) is 37.5 Å². The number of β-lactam (4-membered cyclic amide) rings is 1. The van der Waals surface area contributed by atoms with E-state index in [-0.39, 0.29) is 58.1 Å². The second-order valence-corrected chi connectivity index (χ2v) is 2.75. The van der Waals surface area contributed by atoms with Crippen molar-refractivity contribution in [2.75, 3.05) is 0 Å². The summed E-state index contributed by atoms with van der Waals surface area (Å²) >= 11 is 0. The zero-order valence-electron chi connectivity index (χ0n) is 8.20. The smallest absolute Gasteiger partial charge is 0.294 e. The average molecular weight is 259 g/mol. The standard InChI is InChI=1S/C7H11N2O2.CH3.Y/c1-5(2)8-7(11)9-4-3-6(9)10;;/h4-5H,3H2,1-2H3,(H,8,11);1H3;/q2*-1;. The van der Waals surface area contributed by atoms with Gasteiger partial charge in [0.15, 0.2) is 5.91 Å². The van der Waals surface area contributed by atoms with E-state index in [1.807, 2.05) is 13.8 Å². The van der Waals surface area contributed by atoms with Crippen LogP contribution in [0.2, 0.25) is 0 Å². The molecule has 0 aromatic heterocycles. The van der Waals surface area contributed by atoms with E-state index in [0.717, 1.165) is 4.90 Å². The van der Waals surface area contributed by atoms with Crippen LogP contribution in [0, 0.1) is 14.0 Å². The van der Waals surface area contributed by atoms with Gasteiger partial charge in [0.25, 0.3) is 6.03 Å². The van der Waals surface area contributed by atoms with Crippen LogP contribution in [0.5, 0.6) is 0 Å². The summed E-state index contributed by atoms with van der Waals surface area (Å²) in [5.74, 6) is -0.136. The van der Waals surface area contributed by atoms with E-state index in [1.54, 1.807) is 6.54 Å². The Bertz CT molecular complexity index is 195. The van der Waals surface area contributed by atoms with Gasteiger partial charge in [-0.2, -0.15) is 0 Å². The first-order valence-electron chi connectivity index (χ1n) is 3.57. The number of urea groups is 1. The Balaban J connectivity index is 0. The van der Waals surface area contributed by atoms with Gasteiger partial charge in [0.2, 0.25) is 0 Å². The zero-order valence-corrected chi connectivity index (χ0v) is 11.0. The third kappa shape index (κ3) is 4.18. The van der Waals surface area contributed by atoms with E-state index in [2.05, 4.69) is 5.32 Å². The summed E-state index contributed by atoms with van der Waals surface area (Å²) in [6, 6.07) is -0.249. The third-order valence-electron chi connectivity index (χ3n) is 1.35. The molecule has 0 spiro atoms. The quantitative estimate of drug-likeness (QED) is 0.563. The number of nitrogens with zero attached hydrogens (tertiary/aromatic N) is 1. The van der Waals surface area contributed by atoms with Crippen LogP contribution in [0.3, 0.4) is 0 Å². The third-order valence-corrected chi connectivity index (χ3v) is 1.35. The molecule has 3 amide bonds. The van der Waals surface area contributed by atoms with E-state index in [9.17, 15) is 9.59 Å². The summed E-state index contributed by atoms with van der Waals surface area (Å²) in [7, 11) is 0. The predicted molar refractivity (Wildman–Crippen MR) is 45.8 cm³/mol. The number of likely N-dealkylation sites (tertiary alicyclic amines) is 1. The van der Waals surface area contributed by atoms with Crippen molar-refractivity contribution < 1.29 is 42.3 Å². The number of amides is 3. The molecule has 0 atom stereocenters. The van der Waals surface area contributed by atoms with Gasteiger partial charge in [0.1, 0.15) is 0 Å². The number of carbonyl (C=O) groups excluding carboxylic acids is 2. The molecule has 5 heteroatoms. The number of nitrogens with one attached hydrogen (secondary N) is 1. The molecule has 13 heavy (non-hydrogen) atoms. The first kappa shape index (κ1) is 15.5. The van der Waals surface area contributed by atoms with Crippen molar-refractivity contribution in [2.45, 2.75) is 26.3 Å². The van der Waals surface area contributed by atoms with Crippen LogP contribution in [0.25, 0.3) is 0 Å². The predicted octanol–water partition coefficient (Wildman–Crippen LogP) is 0.946. The number of rotatable bonds is 1. The van der Waals surface area contributed by atoms with Gasteiger partial charge in [-0.3, -0.25) is 9.59 Å². The molecule has 1 radical (unpaired) electrons. The molecular formula is C8H14N2O2Y-2. The van der Waals surface area contributed by atoms with Crippen molar-refractivity contribution in [1.29, 1.82) is 0 Å². The normalized spacial score (nSPS) is 14.1. The Morgan fingerprint density at radius 1 is 1.62 bits per heavy atom. The fraction of sp³-hybridized carbons (Fsp3) is 0.500. The molecule has 1 fully saturated rings. The number of imide groups is 1. The van der Waals surface area contributed by atoms with Crippen molar-refractivity contribution >= 4 is 11.9 Å². The molecule has 73 valence electrons. The molecule has 1 rings (SSSR count). The fourth-order valence-electron chi connectivity index (χ4n) is 0.770. The van der Waals surface area contributed by atoms with Gasteiger partial charge in [-0.25, -0.2) is 6.54 Å². The van der Waals surface area contributed by atoms with Gasteiger partial charge in [-0.15, -0.1) is 0 Å². The average Bonchev–Trinajstić information content (AvgIpc) is 1.82. The molecule has 1 aliphatic rings. The van der Waals surface area contributed by atoms with Crippen LogP contribution in [0.15, 0.2) is 0 Å². The minimum absolute atomic E-state index is 0. The maximum Gasteiger partial charge on any atom is 0.294 e. The van der Waals surface area contributed by atoms with Gasteiger partial charge in [0, 0.05) is 38.8 Å². The van der Waals surface area contributed by atoms with Gasteiger partial charge < -0.3 is 17.6 Å². The summed E-state index contributed by atoms with van der Waals surface area (Å²) in [5.41, 5.74) is 0. The largest absolute Gasteiger partial charge is 0.419 e. The Labute approximate surface area is 104 Å². The number of hydrogen-bond acceptors (Lipinski definition) is 2. The van der Waals surface area contributed by atoms with Gasteiger partial charge in [-0.1, -0.05) is 6.42 Å². The molecule has 0 aromatic rings. The minimum atomic E-state index is -0.323. The van der Waals surface area contributed by atoms with Crippen LogP contribution in [0.1, 0.15) is 20.3 Å². The van der Waals surface area contributed by atoms with Crippen molar-refractivity contribution in [3.05, 3.63) is 14.0 Å². The second kappa shape index (κ2) is 6.49. The van der Waals surface area contributed by atoms with Gasteiger partial charge >= 0.3 is 0 Å². The summed E-state index contributed by atoms with van der Waals surface area (Å²) in [6.45, 7) is 5.27. The molecule has 0 saturated carbocycles. The van der Waals surface area contributed by atoms with Crippen LogP contribution in [-0.4, -0.2) is 22.9 Å². The van der Waals surface area contributed by atoms with Gasteiger partial charge in [-0.05, 0) is 13.8 Å². The second-order valence-electron chi connectivity index (χ2n) is 2.75. The summed E-state index contributed by atoms with van der Waals surface area (Å²) in [4.78, 5) is 22.8. The first-order valence-corrected chi connectivity index (χ1v) is 3.57. The van der Waals surface area contributed by atoms with E-state index >= 15 is 0 Å². The zero-order chi connectivity index (χ0) is 8.43. The monoisotopic (exact) mass is 259 g/mol. The molecule has 0 unspecified atom stereocenters. The first-order chi connectivity index (χ1) is 5.11. The maximum atomic E-state index is 11.0. The molecule has 1 N–H and O–H groups in total. The van der Waals surface area contributed by atoms with E-state index in [1.165, 1.54) is 0 Å². The van der Waals surface area contributed by atoms with Crippen molar-refractivity contribution in [3.8, 4) is 0 Å². The maximum absolute atomic E-state index is 11.0. The molecule has 4 nitrogen and oxygen atoms in total. The van der Waals surface area contributed by atoms with E-state index in [0.29, 0.717) is 6.42 Å². The SMILES string of the molecule is CC(C)NC(=O)N1[CH-]CC1=O.[CH3-].[Y]. The summed E-state index contributed by atoms with van der Waals surface area (Å²) < 4.78 is 0. The number of hydrogen-bond donors (Lipinski definition) is 1. The molecule has 0 bridgehead atoms. The summed E-state index contributed by atoms with van der Waals surface area (Å²) in [6.07, 6.45) is 0.380. The molecule has 0 aromatic carbocycles. The van der Waals surface area contributed by atoms with Crippen LogP contribution < -0.4 is 5.32 Å². The Morgan fingerprint density at radius 3 is 2.38 bits per heavy atom. The Morgan fingerprint density at radius 2 is 2.15 bits per heavy atom. The summed E-state index contributed by atoms with van der Waals surface area (Å²) in [5, 5.41) is 2.61. The Kier molecular flexibility index (Phi) is 7.75. The van der Waals surface area contributed by atoms with Crippen molar-refractivity contribution in [3.63, 3.8) is 0 Å². The van der Waals surface area contributed by atoms with Crippen LogP contribution >= 0.6 is 0 Å². The van der Waals surface area contributed by atoms with E-state index < -0.39 is 0 Å². The molecule has 1 aliphatic heterocycles. The van der Waals surface area contributed by atoms with Crippen molar-refractivity contribution in [1.82, 2.24) is 10.2 Å². The molecular weight excluding hydrogens is 245 g/mol.